The van der Waals surface area contributed by atoms with Crippen LogP contribution < -0.4 is 0 Å². The lowest BCUT2D eigenvalue weighted by Crippen LogP contribution is -2.29. The molecule has 0 radical (unpaired) electrons. The molecule has 0 atom stereocenters. The van der Waals surface area contributed by atoms with Crippen molar-refractivity contribution in [1.29, 1.82) is 0 Å². The first-order chi connectivity index (χ1) is 8.52. The maximum Gasteiger partial charge on any atom is 0.508 e. The predicted molar refractivity (Wildman–Crippen MR) is 53.0 cm³/mol. The van der Waals surface area contributed by atoms with Crippen LogP contribution in [0.1, 0.15) is 0 Å². The molecule has 0 aliphatic rings. The fourth-order valence-electron chi connectivity index (χ4n) is 0.748. The van der Waals surface area contributed by atoms with Crippen LogP contribution in [0.15, 0.2) is 0 Å². The summed E-state index contributed by atoms with van der Waals surface area (Å²) in [5.74, 6) is 0. The topological polar surface area (TPSA) is 72.5 Å². The summed E-state index contributed by atoms with van der Waals surface area (Å²) in [6.45, 7) is -1.34. The second kappa shape index (κ2) is 9.95. The number of alkyl halides is 2. The third kappa shape index (κ3) is 10.1. The van der Waals surface area contributed by atoms with Gasteiger partial charge in [0.25, 0.3) is 0 Å². The normalized spacial score (nSPS) is 11.3. The molecule has 0 unspecified atom stereocenters. The van der Waals surface area contributed by atoms with Crippen molar-refractivity contribution >= 4 is 6.16 Å². The van der Waals surface area contributed by atoms with Gasteiger partial charge in [0.05, 0.1) is 26.9 Å². The van der Waals surface area contributed by atoms with E-state index in [0.29, 0.717) is 0 Å². The van der Waals surface area contributed by atoms with Crippen LogP contribution in [0.5, 0.6) is 0 Å². The van der Waals surface area contributed by atoms with E-state index < -0.39 is 19.1 Å². The maximum atomic E-state index is 12.8. The highest BCUT2D eigenvalue weighted by Crippen LogP contribution is 2.16. The van der Waals surface area contributed by atoms with Gasteiger partial charge in [-0.2, -0.15) is 0 Å². The van der Waals surface area contributed by atoms with E-state index in [9.17, 15) is 13.6 Å². The van der Waals surface area contributed by atoms with Crippen molar-refractivity contribution in [3.63, 3.8) is 0 Å². The van der Waals surface area contributed by atoms with Gasteiger partial charge in [-0.05, 0) is 0 Å². The fourth-order valence-corrected chi connectivity index (χ4v) is 0.748. The molecule has 0 heterocycles. The summed E-state index contributed by atoms with van der Waals surface area (Å²) in [6, 6.07) is 0. The Labute approximate surface area is 103 Å². The van der Waals surface area contributed by atoms with Gasteiger partial charge in [0.2, 0.25) is 0 Å². The molecule has 0 saturated heterocycles. The molecule has 7 nitrogen and oxygen atoms in total. The summed E-state index contributed by atoms with van der Waals surface area (Å²) in [6.07, 6.45) is -4.74. The van der Waals surface area contributed by atoms with Gasteiger partial charge < -0.3 is 18.9 Å². The molecule has 0 aromatic heterocycles. The lowest BCUT2D eigenvalue weighted by molar-refractivity contribution is -0.395. The first-order valence-electron chi connectivity index (χ1n) is 4.95. The summed E-state index contributed by atoms with van der Waals surface area (Å²) >= 11 is 0. The number of hydrogen-bond donors (Lipinski definition) is 0. The highest BCUT2D eigenvalue weighted by molar-refractivity contribution is 5.59. The second-order valence-corrected chi connectivity index (χ2v) is 2.78. The lowest BCUT2D eigenvalue weighted by Gasteiger charge is -2.16. The Bertz CT molecular complexity index is 225. The van der Waals surface area contributed by atoms with Gasteiger partial charge in [-0.1, -0.05) is 0 Å². The Kier molecular flexibility index (Phi) is 9.38. The van der Waals surface area contributed by atoms with Crippen molar-refractivity contribution < 1.29 is 42.0 Å². The SMILES string of the molecule is COCOCCOC(F)(F)OCCOC(=O)OC. The van der Waals surface area contributed by atoms with Gasteiger partial charge in [0.15, 0.2) is 0 Å². The van der Waals surface area contributed by atoms with E-state index in [0.717, 1.165) is 7.11 Å². The van der Waals surface area contributed by atoms with Crippen molar-refractivity contribution in [2.24, 2.45) is 0 Å². The van der Waals surface area contributed by atoms with E-state index in [4.69, 9.17) is 4.74 Å². The predicted octanol–water partition coefficient (Wildman–Crippen LogP) is 0.973. The Morgan fingerprint density at radius 1 is 1.06 bits per heavy atom. The van der Waals surface area contributed by atoms with Crippen LogP contribution in [-0.2, 0) is 28.4 Å². The number of ether oxygens (including phenoxy) is 6. The number of hydrogen-bond acceptors (Lipinski definition) is 7. The molecule has 18 heavy (non-hydrogen) atoms. The van der Waals surface area contributed by atoms with Crippen LogP contribution in [-0.4, -0.2) is 59.9 Å². The molecule has 0 amide bonds. The summed E-state index contributed by atoms with van der Waals surface area (Å²) < 4.78 is 51.5. The minimum atomic E-state index is -3.77. The molecule has 0 rings (SSSR count). The maximum absolute atomic E-state index is 12.8. The molecule has 0 aliphatic heterocycles. The van der Waals surface area contributed by atoms with Gasteiger partial charge >= 0.3 is 12.5 Å². The largest absolute Gasteiger partial charge is 0.508 e. The van der Waals surface area contributed by atoms with Crippen LogP contribution in [0.25, 0.3) is 0 Å². The van der Waals surface area contributed by atoms with E-state index in [1.165, 1.54) is 7.11 Å². The van der Waals surface area contributed by atoms with Crippen molar-refractivity contribution in [1.82, 2.24) is 0 Å². The minimum Gasteiger partial charge on any atom is -0.438 e. The van der Waals surface area contributed by atoms with E-state index in [2.05, 4.69) is 23.7 Å². The van der Waals surface area contributed by atoms with E-state index in [-0.39, 0.29) is 26.6 Å². The summed E-state index contributed by atoms with van der Waals surface area (Å²) in [5.41, 5.74) is 0. The molecule has 0 bridgehead atoms. The number of halogens is 2. The van der Waals surface area contributed by atoms with Crippen LogP contribution in [0.3, 0.4) is 0 Å². The van der Waals surface area contributed by atoms with E-state index in [1.807, 2.05) is 0 Å². The van der Waals surface area contributed by atoms with Crippen molar-refractivity contribution in [2.45, 2.75) is 6.29 Å². The molecule has 0 spiro atoms. The Balaban J connectivity index is 3.51. The molecule has 9 heteroatoms. The Morgan fingerprint density at radius 3 is 2.22 bits per heavy atom. The zero-order valence-electron chi connectivity index (χ0n) is 10.1. The Morgan fingerprint density at radius 2 is 1.67 bits per heavy atom. The number of carbonyl (C=O) groups is 1. The average Bonchev–Trinajstić information content (AvgIpc) is 2.34. The second-order valence-electron chi connectivity index (χ2n) is 2.78. The van der Waals surface area contributed by atoms with Crippen molar-refractivity contribution in [3.8, 4) is 0 Å². The highest BCUT2D eigenvalue weighted by Gasteiger charge is 2.31. The molecule has 108 valence electrons. The van der Waals surface area contributed by atoms with Gasteiger partial charge in [-0.15, -0.1) is 8.78 Å². The van der Waals surface area contributed by atoms with Crippen LogP contribution >= 0.6 is 0 Å². The third-order valence-corrected chi connectivity index (χ3v) is 1.44. The van der Waals surface area contributed by atoms with Crippen molar-refractivity contribution in [2.75, 3.05) is 47.4 Å². The fraction of sp³-hybridized carbons (Fsp3) is 0.889. The molecule has 0 aliphatic carbocycles. The zero-order chi connectivity index (χ0) is 13.9. The average molecular weight is 274 g/mol. The standard InChI is InChI=1S/C9H16F2O7/c1-13-7-15-3-5-17-9(10,11)18-6-4-16-8(12)14-2/h3-7H2,1-2H3. The first kappa shape index (κ1) is 17.0. The Hall–Kier alpha value is -1.03. The molecule has 0 N–H and O–H groups in total. The van der Waals surface area contributed by atoms with Crippen LogP contribution in [0, 0.1) is 0 Å². The monoisotopic (exact) mass is 274 g/mol. The molecule has 0 aromatic carbocycles. The molecule has 0 saturated carbocycles. The van der Waals surface area contributed by atoms with Crippen LogP contribution in [0.2, 0.25) is 0 Å². The van der Waals surface area contributed by atoms with Gasteiger partial charge in [-0.25, -0.2) is 4.79 Å². The van der Waals surface area contributed by atoms with Gasteiger partial charge in [0.1, 0.15) is 13.4 Å². The van der Waals surface area contributed by atoms with Gasteiger partial charge in [0, 0.05) is 7.11 Å². The lowest BCUT2D eigenvalue weighted by atomic mass is 10.7. The quantitative estimate of drug-likeness (QED) is 0.334. The highest BCUT2D eigenvalue weighted by atomic mass is 19.3. The first-order valence-corrected chi connectivity index (χ1v) is 4.95. The molecular formula is C9H16F2O7. The van der Waals surface area contributed by atoms with Gasteiger partial charge in [-0.3, -0.25) is 9.47 Å². The molecule has 0 aromatic rings. The molecule has 0 fully saturated rings. The molecular weight excluding hydrogens is 258 g/mol. The van der Waals surface area contributed by atoms with E-state index >= 15 is 0 Å². The van der Waals surface area contributed by atoms with Crippen LogP contribution in [0.4, 0.5) is 13.6 Å². The zero-order valence-corrected chi connectivity index (χ0v) is 10.1. The van der Waals surface area contributed by atoms with E-state index in [1.54, 1.807) is 0 Å². The smallest absolute Gasteiger partial charge is 0.438 e. The number of methoxy groups -OCH3 is 2. The third-order valence-electron chi connectivity index (χ3n) is 1.44. The minimum absolute atomic E-state index is 0.0112. The summed E-state index contributed by atoms with van der Waals surface area (Å²) in [4.78, 5) is 10.5. The number of rotatable bonds is 10. The summed E-state index contributed by atoms with van der Waals surface area (Å²) in [5, 5.41) is 0. The summed E-state index contributed by atoms with van der Waals surface area (Å²) in [7, 11) is 2.50. The van der Waals surface area contributed by atoms with Crippen molar-refractivity contribution in [3.05, 3.63) is 0 Å². The number of carbonyl (C=O) groups excluding carboxylic acids is 1.